The molecule has 0 spiro atoms. The van der Waals surface area contributed by atoms with Crippen molar-refractivity contribution in [3.05, 3.63) is 47.8 Å². The highest BCUT2D eigenvalue weighted by molar-refractivity contribution is 5.92. The lowest BCUT2D eigenvalue weighted by Gasteiger charge is -2.12. The van der Waals surface area contributed by atoms with Gasteiger partial charge in [-0.05, 0) is 12.5 Å². The molecule has 1 atom stereocenters. The van der Waals surface area contributed by atoms with E-state index in [9.17, 15) is 4.79 Å². The highest BCUT2D eigenvalue weighted by Crippen LogP contribution is 2.11. The van der Waals surface area contributed by atoms with Gasteiger partial charge in [0.05, 0.1) is 18.8 Å². The van der Waals surface area contributed by atoms with Gasteiger partial charge in [0, 0.05) is 6.54 Å². The summed E-state index contributed by atoms with van der Waals surface area (Å²) in [6.07, 6.45) is 1.60. The number of nitrogens with zero attached hydrogens (tertiary/aromatic N) is 3. The zero-order valence-electron chi connectivity index (χ0n) is 10.8. The Morgan fingerprint density at radius 1 is 1.42 bits per heavy atom. The molecule has 3 N–H and O–H groups in total. The van der Waals surface area contributed by atoms with Gasteiger partial charge in [-0.15, -0.1) is 5.10 Å². The van der Waals surface area contributed by atoms with E-state index in [0.29, 0.717) is 18.8 Å². The van der Waals surface area contributed by atoms with Crippen molar-refractivity contribution < 1.29 is 4.79 Å². The predicted molar refractivity (Wildman–Crippen MR) is 71.4 cm³/mol. The summed E-state index contributed by atoms with van der Waals surface area (Å²) in [5.74, 6) is -0.236. The molecule has 19 heavy (non-hydrogen) atoms. The predicted octanol–water partition coefficient (Wildman–Crippen LogP) is 0.728. The van der Waals surface area contributed by atoms with Gasteiger partial charge in [-0.25, -0.2) is 0 Å². The van der Waals surface area contributed by atoms with Gasteiger partial charge in [-0.3, -0.25) is 9.48 Å². The fraction of sp³-hybridized carbons (Fsp3) is 0.308. The average molecular weight is 259 g/mol. The number of carbonyl (C=O) groups excluding carboxylic acids is 1. The second kappa shape index (κ2) is 6.10. The Kier molecular flexibility index (Phi) is 4.25. The van der Waals surface area contributed by atoms with Crippen LogP contribution in [0.25, 0.3) is 0 Å². The SMILES string of the molecule is CC(NC(=O)c1cn(CCN)nn1)c1ccccc1. The van der Waals surface area contributed by atoms with Gasteiger partial charge in [-0.2, -0.15) is 0 Å². The highest BCUT2D eigenvalue weighted by Gasteiger charge is 2.14. The average Bonchev–Trinajstić information content (AvgIpc) is 2.89. The number of nitrogens with two attached hydrogens (primary N) is 1. The number of rotatable bonds is 5. The first-order valence-corrected chi connectivity index (χ1v) is 6.16. The van der Waals surface area contributed by atoms with Crippen LogP contribution < -0.4 is 11.1 Å². The number of nitrogens with one attached hydrogen (secondary N) is 1. The number of hydrogen-bond acceptors (Lipinski definition) is 4. The molecule has 0 aliphatic rings. The Labute approximate surface area is 111 Å². The molecule has 0 saturated carbocycles. The molecule has 0 aliphatic carbocycles. The van der Waals surface area contributed by atoms with Crippen LogP contribution in [0.3, 0.4) is 0 Å². The van der Waals surface area contributed by atoms with Crippen molar-refractivity contribution in [2.24, 2.45) is 5.73 Å². The third kappa shape index (κ3) is 3.38. The molecule has 0 aliphatic heterocycles. The minimum atomic E-state index is -0.236. The van der Waals surface area contributed by atoms with Gasteiger partial charge in [0.2, 0.25) is 0 Å². The number of benzene rings is 1. The third-order valence-corrected chi connectivity index (χ3v) is 2.78. The minimum absolute atomic E-state index is 0.0756. The maximum absolute atomic E-state index is 12.0. The molecule has 0 fully saturated rings. The number of aromatic nitrogens is 3. The molecule has 1 amide bonds. The van der Waals surface area contributed by atoms with Crippen LogP contribution >= 0.6 is 0 Å². The van der Waals surface area contributed by atoms with Crippen molar-refractivity contribution in [3.8, 4) is 0 Å². The van der Waals surface area contributed by atoms with Gasteiger partial charge >= 0.3 is 0 Å². The van der Waals surface area contributed by atoms with E-state index in [1.807, 2.05) is 37.3 Å². The van der Waals surface area contributed by atoms with Crippen LogP contribution in [0.1, 0.15) is 29.0 Å². The molecule has 2 aromatic rings. The van der Waals surface area contributed by atoms with Gasteiger partial charge in [0.25, 0.3) is 5.91 Å². The normalized spacial score (nSPS) is 12.1. The summed E-state index contributed by atoms with van der Waals surface area (Å²) in [4.78, 5) is 12.0. The first kappa shape index (κ1) is 13.2. The van der Waals surface area contributed by atoms with Gasteiger partial charge < -0.3 is 11.1 Å². The second-order valence-corrected chi connectivity index (χ2v) is 4.26. The van der Waals surface area contributed by atoms with E-state index in [2.05, 4.69) is 15.6 Å². The number of hydrogen-bond donors (Lipinski definition) is 2. The molecule has 100 valence electrons. The second-order valence-electron chi connectivity index (χ2n) is 4.26. The molecule has 1 aromatic heterocycles. The molecule has 1 aromatic carbocycles. The molecular weight excluding hydrogens is 242 g/mol. The zero-order chi connectivity index (χ0) is 13.7. The van der Waals surface area contributed by atoms with E-state index < -0.39 is 0 Å². The fourth-order valence-corrected chi connectivity index (χ4v) is 1.74. The lowest BCUT2D eigenvalue weighted by molar-refractivity contribution is 0.0934. The lowest BCUT2D eigenvalue weighted by atomic mass is 10.1. The quantitative estimate of drug-likeness (QED) is 0.828. The Balaban J connectivity index is 2.00. The Hall–Kier alpha value is -2.21. The van der Waals surface area contributed by atoms with Crippen LogP contribution in [-0.2, 0) is 6.54 Å². The largest absolute Gasteiger partial charge is 0.344 e. The molecule has 1 unspecified atom stereocenters. The van der Waals surface area contributed by atoms with Crippen molar-refractivity contribution in [1.29, 1.82) is 0 Å². The molecule has 1 heterocycles. The molecule has 0 saturated heterocycles. The first-order chi connectivity index (χ1) is 9.20. The van der Waals surface area contributed by atoms with Gasteiger partial charge in [0.1, 0.15) is 0 Å². The fourth-order valence-electron chi connectivity index (χ4n) is 1.74. The van der Waals surface area contributed by atoms with Crippen LogP contribution in [0.15, 0.2) is 36.5 Å². The molecule has 6 nitrogen and oxygen atoms in total. The van der Waals surface area contributed by atoms with Crippen molar-refractivity contribution in [3.63, 3.8) is 0 Å². The van der Waals surface area contributed by atoms with E-state index in [0.717, 1.165) is 5.56 Å². The summed E-state index contributed by atoms with van der Waals surface area (Å²) < 4.78 is 1.56. The van der Waals surface area contributed by atoms with Crippen molar-refractivity contribution >= 4 is 5.91 Å². The molecule has 0 radical (unpaired) electrons. The van der Waals surface area contributed by atoms with Crippen LogP contribution in [0, 0.1) is 0 Å². The van der Waals surface area contributed by atoms with Crippen LogP contribution in [0.2, 0.25) is 0 Å². The van der Waals surface area contributed by atoms with Crippen LogP contribution in [-0.4, -0.2) is 27.4 Å². The topological polar surface area (TPSA) is 85.8 Å². The molecule has 2 rings (SSSR count). The van der Waals surface area contributed by atoms with E-state index in [4.69, 9.17) is 5.73 Å². The van der Waals surface area contributed by atoms with Gasteiger partial charge in [0.15, 0.2) is 5.69 Å². The van der Waals surface area contributed by atoms with Crippen molar-refractivity contribution in [2.45, 2.75) is 19.5 Å². The van der Waals surface area contributed by atoms with Gasteiger partial charge in [-0.1, -0.05) is 35.5 Å². The summed E-state index contributed by atoms with van der Waals surface area (Å²) in [7, 11) is 0. The monoisotopic (exact) mass is 259 g/mol. The lowest BCUT2D eigenvalue weighted by Crippen LogP contribution is -2.26. The number of amides is 1. The first-order valence-electron chi connectivity index (χ1n) is 6.16. The van der Waals surface area contributed by atoms with Crippen molar-refractivity contribution in [1.82, 2.24) is 20.3 Å². The standard InChI is InChI=1S/C13H17N5O/c1-10(11-5-3-2-4-6-11)15-13(19)12-9-18(8-7-14)17-16-12/h2-6,9-10H,7-8,14H2,1H3,(H,15,19). The summed E-state index contributed by atoms with van der Waals surface area (Å²) in [6, 6.07) is 9.68. The Morgan fingerprint density at radius 2 is 2.16 bits per heavy atom. The maximum Gasteiger partial charge on any atom is 0.273 e. The van der Waals surface area contributed by atoms with Crippen molar-refractivity contribution in [2.75, 3.05) is 6.54 Å². The van der Waals surface area contributed by atoms with E-state index in [-0.39, 0.29) is 11.9 Å². The zero-order valence-corrected chi connectivity index (χ0v) is 10.8. The molecule has 0 bridgehead atoms. The third-order valence-electron chi connectivity index (χ3n) is 2.78. The highest BCUT2D eigenvalue weighted by atomic mass is 16.2. The molecular formula is C13H17N5O. The van der Waals surface area contributed by atoms with E-state index >= 15 is 0 Å². The maximum atomic E-state index is 12.0. The van der Waals surface area contributed by atoms with E-state index in [1.165, 1.54) is 0 Å². The summed E-state index contributed by atoms with van der Waals surface area (Å²) in [6.45, 7) is 2.94. The smallest absolute Gasteiger partial charge is 0.273 e. The van der Waals surface area contributed by atoms with Crippen LogP contribution in [0.5, 0.6) is 0 Å². The Bertz CT molecular complexity index is 537. The minimum Gasteiger partial charge on any atom is -0.344 e. The summed E-state index contributed by atoms with van der Waals surface area (Å²) >= 11 is 0. The Morgan fingerprint density at radius 3 is 2.84 bits per heavy atom. The van der Waals surface area contributed by atoms with E-state index in [1.54, 1.807) is 10.9 Å². The summed E-state index contributed by atoms with van der Waals surface area (Å²) in [5, 5.41) is 10.5. The van der Waals surface area contributed by atoms with Crippen LogP contribution in [0.4, 0.5) is 0 Å². The summed E-state index contributed by atoms with van der Waals surface area (Å²) in [5.41, 5.74) is 6.76. The molecule has 6 heteroatoms. The number of carbonyl (C=O) groups is 1.